The van der Waals surface area contributed by atoms with Gasteiger partial charge in [0.1, 0.15) is 6.67 Å². The van der Waals surface area contributed by atoms with E-state index in [1.54, 1.807) is 0 Å². The standard InChI is InChI=1S/C10H21FN2/c1-10(9-12-6-5-11)3-7-13(2)8-4-10/h12H,3-9H2,1-2H3. The van der Waals surface area contributed by atoms with Gasteiger partial charge in [-0.3, -0.25) is 0 Å². The molecule has 1 aliphatic rings. The molecule has 0 aliphatic carbocycles. The molecule has 0 unspecified atom stereocenters. The van der Waals surface area contributed by atoms with Crippen molar-refractivity contribution in [3.63, 3.8) is 0 Å². The van der Waals surface area contributed by atoms with Gasteiger partial charge >= 0.3 is 0 Å². The molecule has 0 bridgehead atoms. The van der Waals surface area contributed by atoms with E-state index in [4.69, 9.17) is 0 Å². The normalized spacial score (nSPS) is 23.3. The van der Waals surface area contributed by atoms with Crippen LogP contribution in [0.3, 0.4) is 0 Å². The molecule has 1 aliphatic heterocycles. The van der Waals surface area contributed by atoms with Gasteiger partial charge in [-0.2, -0.15) is 0 Å². The maximum absolute atomic E-state index is 11.9. The first-order chi connectivity index (χ1) is 6.16. The number of likely N-dealkylation sites (tertiary alicyclic amines) is 1. The summed E-state index contributed by atoms with van der Waals surface area (Å²) in [7, 11) is 2.16. The van der Waals surface area contributed by atoms with Crippen LogP contribution in [-0.2, 0) is 0 Å². The van der Waals surface area contributed by atoms with Crippen LogP contribution in [-0.4, -0.2) is 44.8 Å². The van der Waals surface area contributed by atoms with Gasteiger partial charge in [-0.25, -0.2) is 4.39 Å². The Balaban J connectivity index is 2.22. The molecule has 1 saturated heterocycles. The van der Waals surface area contributed by atoms with Crippen molar-refractivity contribution in [1.29, 1.82) is 0 Å². The molecule has 0 amide bonds. The summed E-state index contributed by atoms with van der Waals surface area (Å²) >= 11 is 0. The number of nitrogens with one attached hydrogen (secondary N) is 1. The molecule has 1 rings (SSSR count). The molecule has 3 heteroatoms. The van der Waals surface area contributed by atoms with E-state index in [1.807, 2.05) is 0 Å². The quantitative estimate of drug-likeness (QED) is 0.669. The fraction of sp³-hybridized carbons (Fsp3) is 1.00. The van der Waals surface area contributed by atoms with E-state index < -0.39 is 0 Å². The highest BCUT2D eigenvalue weighted by Gasteiger charge is 2.27. The number of hydrogen-bond acceptors (Lipinski definition) is 2. The molecule has 1 N–H and O–H groups in total. The number of rotatable bonds is 4. The monoisotopic (exact) mass is 188 g/mol. The van der Waals surface area contributed by atoms with E-state index in [-0.39, 0.29) is 6.67 Å². The molecule has 78 valence electrons. The van der Waals surface area contributed by atoms with Crippen LogP contribution in [0.25, 0.3) is 0 Å². The Kier molecular flexibility index (Phi) is 4.13. The average molecular weight is 188 g/mol. The minimum absolute atomic E-state index is 0.254. The third kappa shape index (κ3) is 3.61. The molecule has 2 nitrogen and oxygen atoms in total. The summed E-state index contributed by atoms with van der Waals surface area (Å²) in [6.45, 7) is 5.86. The van der Waals surface area contributed by atoms with Crippen molar-refractivity contribution in [2.24, 2.45) is 5.41 Å². The fourth-order valence-electron chi connectivity index (χ4n) is 1.79. The van der Waals surface area contributed by atoms with Crippen LogP contribution >= 0.6 is 0 Å². The van der Waals surface area contributed by atoms with Crippen molar-refractivity contribution in [3.8, 4) is 0 Å². The molecule has 0 spiro atoms. The molecular formula is C10H21FN2. The third-order valence-corrected chi connectivity index (χ3v) is 3.02. The van der Waals surface area contributed by atoms with Crippen molar-refractivity contribution in [1.82, 2.24) is 10.2 Å². The van der Waals surface area contributed by atoms with Crippen LogP contribution in [0.15, 0.2) is 0 Å². The first-order valence-electron chi connectivity index (χ1n) is 5.11. The zero-order valence-electron chi connectivity index (χ0n) is 8.77. The van der Waals surface area contributed by atoms with E-state index in [0.717, 1.165) is 6.54 Å². The first-order valence-corrected chi connectivity index (χ1v) is 5.11. The van der Waals surface area contributed by atoms with Gasteiger partial charge in [0, 0.05) is 13.1 Å². The number of halogens is 1. The largest absolute Gasteiger partial charge is 0.314 e. The number of piperidine rings is 1. The highest BCUT2D eigenvalue weighted by molar-refractivity contribution is 4.82. The zero-order chi connectivity index (χ0) is 9.73. The molecule has 0 aromatic heterocycles. The molecular weight excluding hydrogens is 167 g/mol. The summed E-state index contributed by atoms with van der Waals surface area (Å²) in [5, 5.41) is 3.17. The zero-order valence-corrected chi connectivity index (χ0v) is 8.77. The van der Waals surface area contributed by atoms with Gasteiger partial charge in [0.15, 0.2) is 0 Å². The Hall–Kier alpha value is -0.150. The lowest BCUT2D eigenvalue weighted by molar-refractivity contribution is 0.136. The lowest BCUT2D eigenvalue weighted by Crippen LogP contribution is -2.42. The number of hydrogen-bond donors (Lipinski definition) is 1. The van der Waals surface area contributed by atoms with Gasteiger partial charge in [0.25, 0.3) is 0 Å². The van der Waals surface area contributed by atoms with Gasteiger partial charge in [0.05, 0.1) is 0 Å². The minimum atomic E-state index is -0.254. The molecule has 13 heavy (non-hydrogen) atoms. The summed E-state index contributed by atoms with van der Waals surface area (Å²) in [6.07, 6.45) is 2.45. The molecule has 0 aromatic carbocycles. The van der Waals surface area contributed by atoms with E-state index in [2.05, 4.69) is 24.2 Å². The lowest BCUT2D eigenvalue weighted by atomic mass is 9.80. The predicted molar refractivity (Wildman–Crippen MR) is 53.7 cm³/mol. The second-order valence-electron chi connectivity index (χ2n) is 4.48. The van der Waals surface area contributed by atoms with E-state index >= 15 is 0 Å². The van der Waals surface area contributed by atoms with Crippen molar-refractivity contribution < 1.29 is 4.39 Å². The molecule has 0 radical (unpaired) electrons. The second-order valence-corrected chi connectivity index (χ2v) is 4.48. The summed E-state index contributed by atoms with van der Waals surface area (Å²) in [5.74, 6) is 0. The summed E-state index contributed by atoms with van der Waals surface area (Å²) in [6, 6.07) is 0. The Morgan fingerprint density at radius 3 is 2.54 bits per heavy atom. The van der Waals surface area contributed by atoms with Gasteiger partial charge in [-0.15, -0.1) is 0 Å². The average Bonchev–Trinajstić information content (AvgIpc) is 2.12. The van der Waals surface area contributed by atoms with Crippen molar-refractivity contribution in [3.05, 3.63) is 0 Å². The third-order valence-electron chi connectivity index (χ3n) is 3.02. The molecule has 0 aromatic rings. The summed E-state index contributed by atoms with van der Waals surface area (Å²) in [4.78, 5) is 2.36. The topological polar surface area (TPSA) is 15.3 Å². The van der Waals surface area contributed by atoms with Crippen LogP contribution in [0, 0.1) is 5.41 Å². The number of alkyl halides is 1. The summed E-state index contributed by atoms with van der Waals surface area (Å²) in [5.41, 5.74) is 0.391. The van der Waals surface area contributed by atoms with E-state index in [9.17, 15) is 4.39 Å². The fourth-order valence-corrected chi connectivity index (χ4v) is 1.79. The van der Waals surface area contributed by atoms with Gasteiger partial charge < -0.3 is 10.2 Å². The van der Waals surface area contributed by atoms with Crippen molar-refractivity contribution in [2.45, 2.75) is 19.8 Å². The Morgan fingerprint density at radius 2 is 2.00 bits per heavy atom. The van der Waals surface area contributed by atoms with E-state index in [0.29, 0.717) is 12.0 Å². The maximum atomic E-state index is 11.9. The van der Waals surface area contributed by atoms with Crippen molar-refractivity contribution in [2.75, 3.05) is 39.9 Å². The van der Waals surface area contributed by atoms with Crippen LogP contribution < -0.4 is 5.32 Å². The molecule has 0 atom stereocenters. The second kappa shape index (κ2) is 4.91. The van der Waals surface area contributed by atoms with Crippen LogP contribution in [0.1, 0.15) is 19.8 Å². The first kappa shape index (κ1) is 10.9. The predicted octanol–water partition coefficient (Wildman–Crippen LogP) is 1.28. The Labute approximate surface area is 80.5 Å². The number of nitrogens with zero attached hydrogens (tertiary/aromatic N) is 1. The van der Waals surface area contributed by atoms with Crippen LogP contribution in [0.2, 0.25) is 0 Å². The smallest absolute Gasteiger partial charge is 0.102 e. The van der Waals surface area contributed by atoms with E-state index in [1.165, 1.54) is 25.9 Å². The highest BCUT2D eigenvalue weighted by Crippen LogP contribution is 2.29. The SMILES string of the molecule is CN1CCC(C)(CNCCF)CC1. The highest BCUT2D eigenvalue weighted by atomic mass is 19.1. The molecule has 1 heterocycles. The summed E-state index contributed by atoms with van der Waals surface area (Å²) < 4.78 is 11.9. The Morgan fingerprint density at radius 1 is 1.38 bits per heavy atom. The minimum Gasteiger partial charge on any atom is -0.314 e. The van der Waals surface area contributed by atoms with Gasteiger partial charge in [-0.1, -0.05) is 6.92 Å². The molecule has 1 fully saturated rings. The van der Waals surface area contributed by atoms with Crippen LogP contribution in [0.5, 0.6) is 0 Å². The Bertz CT molecular complexity index is 142. The lowest BCUT2D eigenvalue weighted by Gasteiger charge is -2.38. The van der Waals surface area contributed by atoms with Gasteiger partial charge in [0.2, 0.25) is 0 Å². The molecule has 0 saturated carbocycles. The van der Waals surface area contributed by atoms with Crippen LogP contribution in [0.4, 0.5) is 4.39 Å². The van der Waals surface area contributed by atoms with Gasteiger partial charge in [-0.05, 0) is 38.4 Å². The van der Waals surface area contributed by atoms with Crippen molar-refractivity contribution >= 4 is 0 Å². The maximum Gasteiger partial charge on any atom is 0.102 e.